The number of rotatable bonds is 8. The van der Waals surface area contributed by atoms with Gasteiger partial charge in [-0.25, -0.2) is 32.3 Å². The summed E-state index contributed by atoms with van der Waals surface area (Å²) in [6.07, 6.45) is 6.61. The summed E-state index contributed by atoms with van der Waals surface area (Å²) >= 11 is 0. The van der Waals surface area contributed by atoms with Crippen LogP contribution in [0.2, 0.25) is 0 Å². The third kappa shape index (κ3) is 10.4. The molecule has 0 bridgehead atoms. The number of anilines is 8. The number of fused-ring (bicyclic) bond motifs is 2. The van der Waals surface area contributed by atoms with Gasteiger partial charge in [0.2, 0.25) is 0 Å². The van der Waals surface area contributed by atoms with E-state index >= 15 is 8.78 Å². The molecule has 0 saturated carbocycles. The molecule has 0 spiro atoms. The van der Waals surface area contributed by atoms with Gasteiger partial charge in [-0.1, -0.05) is 0 Å². The van der Waals surface area contributed by atoms with Gasteiger partial charge in [0.05, 0.1) is 114 Å². The fourth-order valence-corrected chi connectivity index (χ4v) is 9.65. The van der Waals surface area contributed by atoms with Crippen molar-refractivity contribution in [1.82, 2.24) is 30.2 Å². The van der Waals surface area contributed by atoms with E-state index in [-0.39, 0.29) is 28.4 Å². The minimum atomic E-state index is -0.696. The normalized spacial score (nSPS) is 18.7. The Morgan fingerprint density at radius 3 is 1.59 bits per heavy atom. The lowest BCUT2D eigenvalue weighted by Gasteiger charge is -2.40. The molecule has 3 N–H and O–H groups in total. The second-order valence-electron chi connectivity index (χ2n) is 18.0. The van der Waals surface area contributed by atoms with Gasteiger partial charge in [0, 0.05) is 113 Å². The van der Waals surface area contributed by atoms with Crippen molar-refractivity contribution in [3.8, 4) is 0 Å². The zero-order chi connectivity index (χ0) is 49.1. The van der Waals surface area contributed by atoms with E-state index in [1.165, 1.54) is 19.2 Å². The van der Waals surface area contributed by atoms with Crippen LogP contribution in [-0.2, 0) is 14.2 Å². The molecule has 10 rings (SSSR count). The first kappa shape index (κ1) is 48.3. The number of pyridine rings is 4. The van der Waals surface area contributed by atoms with Crippen molar-refractivity contribution >= 4 is 73.7 Å². The van der Waals surface area contributed by atoms with Crippen molar-refractivity contribution in [1.29, 1.82) is 0 Å². The van der Waals surface area contributed by atoms with Crippen LogP contribution >= 0.6 is 0 Å². The molecule has 0 aliphatic carbocycles. The first-order valence-electron chi connectivity index (χ1n) is 23.6. The molecule has 6 aromatic rings. The molecule has 4 aliphatic rings. The van der Waals surface area contributed by atoms with Gasteiger partial charge in [0.25, 0.3) is 0 Å². The van der Waals surface area contributed by atoms with E-state index < -0.39 is 23.3 Å². The number of methoxy groups -OCH3 is 1. The van der Waals surface area contributed by atoms with Crippen LogP contribution in [-0.4, -0.2) is 142 Å². The molecule has 8 heterocycles. The number of nitrogens with zero attached hydrogens (tertiary/aromatic N) is 9. The van der Waals surface area contributed by atoms with Crippen LogP contribution in [0.1, 0.15) is 25.0 Å². The molecule has 1 amide bonds. The van der Waals surface area contributed by atoms with Gasteiger partial charge in [-0.05, 0) is 39.8 Å². The van der Waals surface area contributed by atoms with Gasteiger partial charge in [-0.15, -0.1) is 0 Å². The molecule has 4 fully saturated rings. The van der Waals surface area contributed by atoms with E-state index in [0.717, 1.165) is 86.4 Å². The highest BCUT2D eigenvalue weighted by molar-refractivity contribution is 5.99. The van der Waals surface area contributed by atoms with Gasteiger partial charge < -0.3 is 54.7 Å². The molecule has 20 heteroatoms. The number of benzene rings is 2. The summed E-state index contributed by atoms with van der Waals surface area (Å²) in [5.74, 6) is -1.33. The Morgan fingerprint density at radius 2 is 1.13 bits per heavy atom. The van der Waals surface area contributed by atoms with E-state index in [4.69, 9.17) is 14.2 Å². The smallest absolute Gasteiger partial charge is 0.409 e. The molecule has 16 nitrogen and oxygen atoms in total. The highest BCUT2D eigenvalue weighted by atomic mass is 19.1. The third-order valence-corrected chi connectivity index (χ3v) is 13.2. The Kier molecular flexibility index (Phi) is 14.5. The molecule has 4 aliphatic heterocycles. The molecule has 0 radical (unpaired) electrons. The predicted molar refractivity (Wildman–Crippen MR) is 264 cm³/mol. The van der Waals surface area contributed by atoms with Gasteiger partial charge in [0.15, 0.2) is 0 Å². The van der Waals surface area contributed by atoms with Crippen LogP contribution in [0.3, 0.4) is 0 Å². The van der Waals surface area contributed by atoms with E-state index in [1.54, 1.807) is 23.5 Å². The number of carbonyl (C=O) groups is 1. The monoisotopic (exact) mass is 966 g/mol. The second-order valence-corrected chi connectivity index (χ2v) is 18.0. The topological polar surface area (TPSA) is 149 Å². The Bertz CT molecular complexity index is 2870. The minimum absolute atomic E-state index is 0.131. The summed E-state index contributed by atoms with van der Waals surface area (Å²) in [6, 6.07) is 8.43. The number of piperazine rings is 2. The van der Waals surface area contributed by atoms with Crippen LogP contribution in [0.5, 0.6) is 0 Å². The van der Waals surface area contributed by atoms with Crippen molar-refractivity contribution in [3.05, 3.63) is 95.6 Å². The Morgan fingerprint density at radius 1 is 0.643 bits per heavy atom. The zero-order valence-corrected chi connectivity index (χ0v) is 40.0. The average molecular weight is 967 g/mol. The molecular weight excluding hydrogens is 909 g/mol. The quantitative estimate of drug-likeness (QED) is 0.128. The number of halogens is 4. The van der Waals surface area contributed by atoms with Crippen molar-refractivity contribution in [2.45, 2.75) is 39.8 Å². The maximum Gasteiger partial charge on any atom is 0.409 e. The van der Waals surface area contributed by atoms with Crippen molar-refractivity contribution in [3.63, 3.8) is 0 Å². The number of amides is 1. The summed E-state index contributed by atoms with van der Waals surface area (Å²) in [4.78, 5) is 40.5. The second kappa shape index (κ2) is 21.1. The summed E-state index contributed by atoms with van der Waals surface area (Å²) in [5, 5.41) is 10.6. The van der Waals surface area contributed by atoms with E-state index in [0.29, 0.717) is 86.1 Å². The summed E-state index contributed by atoms with van der Waals surface area (Å²) < 4.78 is 74.3. The summed E-state index contributed by atoms with van der Waals surface area (Å²) in [7, 11) is 1.36. The molecule has 4 aromatic heterocycles. The van der Waals surface area contributed by atoms with Crippen molar-refractivity contribution in [2.75, 3.05) is 129 Å². The largest absolute Gasteiger partial charge is 0.453 e. The fraction of sp³-hybridized carbons (Fsp3) is 0.420. The van der Waals surface area contributed by atoms with Crippen LogP contribution in [0.4, 0.5) is 68.1 Å². The fourth-order valence-electron chi connectivity index (χ4n) is 9.65. The number of aromatic nitrogens is 4. The molecule has 370 valence electrons. The molecular formula is C50H58F4N12O4. The van der Waals surface area contributed by atoms with Crippen LogP contribution < -0.4 is 35.6 Å². The first-order chi connectivity index (χ1) is 33.8. The lowest BCUT2D eigenvalue weighted by molar-refractivity contribution is 0.103. The van der Waals surface area contributed by atoms with E-state index in [1.807, 2.05) is 44.0 Å². The zero-order valence-electron chi connectivity index (χ0n) is 40.0. The Labute approximate surface area is 403 Å². The number of carbonyl (C=O) groups excluding carboxylic acids is 1. The highest BCUT2D eigenvalue weighted by Gasteiger charge is 2.31. The molecule has 70 heavy (non-hydrogen) atoms. The van der Waals surface area contributed by atoms with Gasteiger partial charge >= 0.3 is 6.09 Å². The maximum absolute atomic E-state index is 15.1. The third-order valence-electron chi connectivity index (χ3n) is 13.2. The maximum atomic E-state index is 15.1. The van der Waals surface area contributed by atoms with Gasteiger partial charge in [0.1, 0.15) is 34.9 Å². The minimum Gasteiger partial charge on any atom is -0.453 e. The van der Waals surface area contributed by atoms with Crippen molar-refractivity contribution in [2.24, 2.45) is 0 Å². The SMILES string of the molecule is COC(=O)N1CCN(c2nc3cc(F)cc(F)c3c(Nc3cncc(N4CCOCC4)c3)c2C)C[C@@H]1C.Cc1c(N2CCN[C@@H](C)C2)nc2cc(F)cc(F)c2c1Nc1cncc(N2CCOCC2)c1. The number of hydrogen-bond acceptors (Lipinski definition) is 15. The van der Waals surface area contributed by atoms with E-state index in [2.05, 4.69) is 57.5 Å². The first-order valence-corrected chi connectivity index (χ1v) is 23.6. The number of ether oxygens (including phenoxy) is 3. The Balaban J connectivity index is 0.000000175. The summed E-state index contributed by atoms with van der Waals surface area (Å²) in [6.45, 7) is 17.4. The standard InChI is InChI=1S/C26H30F2N6O3.C24H28F2N6O/c1-16-15-33(4-5-34(16)26(35)36-3)25-17(2)24(23-21(28)10-18(27)11-22(23)31-25)30-19-12-20(14-29-13-19)32-6-8-37-9-7-32;1-15-14-32(4-3-28-15)24-16(2)23(22-20(26)9-17(25)10-21(22)30-24)29-18-11-19(13-27-12-18)31-5-7-33-8-6-31/h10-14,16H,4-9,15H2,1-3H3,(H,30,31);9-13,15,28H,3-8,14H2,1-2H3,(H,29,30)/t16-;15-/m00/s1. The molecule has 2 aromatic carbocycles. The molecule has 0 unspecified atom stereocenters. The van der Waals surface area contributed by atoms with E-state index in [9.17, 15) is 13.6 Å². The predicted octanol–water partition coefficient (Wildman–Crippen LogP) is 7.67. The van der Waals surface area contributed by atoms with Crippen LogP contribution in [0, 0.1) is 37.1 Å². The molecule has 4 saturated heterocycles. The Hall–Kier alpha value is -6.77. The lowest BCUT2D eigenvalue weighted by atomic mass is 10.1. The van der Waals surface area contributed by atoms with Crippen LogP contribution in [0.25, 0.3) is 21.8 Å². The lowest BCUT2D eigenvalue weighted by Crippen LogP contribution is -2.54. The highest BCUT2D eigenvalue weighted by Crippen LogP contribution is 2.39. The van der Waals surface area contributed by atoms with Gasteiger partial charge in [-0.3, -0.25) is 9.97 Å². The number of hydrogen-bond donors (Lipinski definition) is 3. The van der Waals surface area contributed by atoms with Crippen LogP contribution in [0.15, 0.2) is 61.2 Å². The van der Waals surface area contributed by atoms with Gasteiger partial charge in [-0.2, -0.15) is 0 Å². The number of nitrogens with one attached hydrogen (secondary N) is 3. The summed E-state index contributed by atoms with van der Waals surface area (Å²) in [5.41, 5.74) is 6.44. The molecule has 2 atom stereocenters. The average Bonchev–Trinajstić information content (AvgIpc) is 3.36. The number of morpholine rings is 2. The van der Waals surface area contributed by atoms with Crippen molar-refractivity contribution < 1.29 is 36.6 Å².